The van der Waals surface area contributed by atoms with Crippen LogP contribution in [-0.4, -0.2) is 19.0 Å². The number of para-hydroxylation sites is 2. The molecule has 0 saturated heterocycles. The van der Waals surface area contributed by atoms with Crippen molar-refractivity contribution >= 4 is 17.3 Å². The second-order valence-electron chi connectivity index (χ2n) is 7.40. The van der Waals surface area contributed by atoms with Crippen molar-refractivity contribution in [3.8, 4) is 0 Å². The Bertz CT molecular complexity index is 731. The van der Waals surface area contributed by atoms with Gasteiger partial charge in [-0.15, -0.1) is 0 Å². The summed E-state index contributed by atoms with van der Waals surface area (Å²) < 4.78 is 0. The van der Waals surface area contributed by atoms with Crippen molar-refractivity contribution in [2.45, 2.75) is 39.0 Å². The SMILES string of the molecule is CC(C)(C)c1ccccc1NCCC(=O)N1CCc2ccccc21. The Balaban J connectivity index is 1.61. The van der Waals surface area contributed by atoms with Gasteiger partial charge in [-0.1, -0.05) is 57.2 Å². The third-order valence-electron chi connectivity index (χ3n) is 4.58. The molecule has 3 rings (SSSR count). The highest BCUT2D eigenvalue weighted by atomic mass is 16.2. The van der Waals surface area contributed by atoms with E-state index in [0.717, 1.165) is 24.3 Å². The highest BCUT2D eigenvalue weighted by molar-refractivity contribution is 5.95. The van der Waals surface area contributed by atoms with Gasteiger partial charge in [0.15, 0.2) is 0 Å². The van der Waals surface area contributed by atoms with Gasteiger partial charge in [-0.25, -0.2) is 0 Å². The Morgan fingerprint density at radius 1 is 1.08 bits per heavy atom. The van der Waals surface area contributed by atoms with E-state index in [1.54, 1.807) is 0 Å². The lowest BCUT2D eigenvalue weighted by atomic mass is 9.86. The summed E-state index contributed by atoms with van der Waals surface area (Å²) >= 11 is 0. The van der Waals surface area contributed by atoms with Crippen molar-refractivity contribution in [2.75, 3.05) is 23.3 Å². The second-order valence-corrected chi connectivity index (χ2v) is 7.40. The van der Waals surface area contributed by atoms with Crippen molar-refractivity contribution in [1.82, 2.24) is 0 Å². The Labute approximate surface area is 144 Å². The maximum Gasteiger partial charge on any atom is 0.228 e. The maximum atomic E-state index is 12.6. The second kappa shape index (κ2) is 6.68. The van der Waals surface area contributed by atoms with Crippen LogP contribution in [0.4, 0.5) is 11.4 Å². The first-order valence-electron chi connectivity index (χ1n) is 8.68. The van der Waals surface area contributed by atoms with Gasteiger partial charge in [-0.2, -0.15) is 0 Å². The molecule has 0 aromatic heterocycles. The summed E-state index contributed by atoms with van der Waals surface area (Å²) in [7, 11) is 0. The lowest BCUT2D eigenvalue weighted by molar-refractivity contribution is -0.118. The number of hydrogen-bond acceptors (Lipinski definition) is 2. The summed E-state index contributed by atoms with van der Waals surface area (Å²) in [6.07, 6.45) is 1.47. The van der Waals surface area contributed by atoms with E-state index < -0.39 is 0 Å². The van der Waals surface area contributed by atoms with E-state index in [-0.39, 0.29) is 11.3 Å². The van der Waals surface area contributed by atoms with Gasteiger partial charge < -0.3 is 10.2 Å². The number of fused-ring (bicyclic) bond motifs is 1. The number of amides is 1. The Kier molecular flexibility index (Phi) is 4.61. The molecule has 2 aromatic rings. The molecule has 0 unspecified atom stereocenters. The zero-order valence-electron chi connectivity index (χ0n) is 14.8. The van der Waals surface area contributed by atoms with Crippen LogP contribution < -0.4 is 10.2 Å². The molecular formula is C21H26N2O. The number of rotatable bonds is 4. The van der Waals surface area contributed by atoms with Crippen molar-refractivity contribution in [3.05, 3.63) is 59.7 Å². The molecule has 1 aliphatic heterocycles. The van der Waals surface area contributed by atoms with Crippen molar-refractivity contribution in [2.24, 2.45) is 0 Å². The van der Waals surface area contributed by atoms with Crippen LogP contribution in [0.15, 0.2) is 48.5 Å². The highest BCUT2D eigenvalue weighted by Crippen LogP contribution is 2.30. The lowest BCUT2D eigenvalue weighted by Crippen LogP contribution is -2.30. The molecular weight excluding hydrogens is 296 g/mol. The summed E-state index contributed by atoms with van der Waals surface area (Å²) in [6.45, 7) is 8.08. The van der Waals surface area contributed by atoms with Crippen molar-refractivity contribution < 1.29 is 4.79 Å². The fraction of sp³-hybridized carbons (Fsp3) is 0.381. The smallest absolute Gasteiger partial charge is 0.228 e. The minimum Gasteiger partial charge on any atom is -0.384 e. The van der Waals surface area contributed by atoms with Crippen LogP contribution in [0.3, 0.4) is 0 Å². The van der Waals surface area contributed by atoms with Gasteiger partial charge in [-0.3, -0.25) is 4.79 Å². The zero-order valence-corrected chi connectivity index (χ0v) is 14.8. The first-order valence-corrected chi connectivity index (χ1v) is 8.68. The molecule has 1 heterocycles. The topological polar surface area (TPSA) is 32.3 Å². The Morgan fingerprint density at radius 3 is 2.58 bits per heavy atom. The van der Waals surface area contributed by atoms with E-state index >= 15 is 0 Å². The summed E-state index contributed by atoms with van der Waals surface area (Å²) in [5.41, 5.74) is 4.85. The lowest BCUT2D eigenvalue weighted by Gasteiger charge is -2.24. The number of carbonyl (C=O) groups is 1. The largest absolute Gasteiger partial charge is 0.384 e. The van der Waals surface area contributed by atoms with Crippen LogP contribution in [-0.2, 0) is 16.6 Å². The van der Waals surface area contributed by atoms with E-state index in [0.29, 0.717) is 13.0 Å². The van der Waals surface area contributed by atoms with Crippen molar-refractivity contribution in [1.29, 1.82) is 0 Å². The van der Waals surface area contributed by atoms with Gasteiger partial charge in [-0.05, 0) is 35.1 Å². The minimum absolute atomic E-state index is 0.0848. The molecule has 2 aromatic carbocycles. The Morgan fingerprint density at radius 2 is 1.79 bits per heavy atom. The molecule has 1 N–H and O–H groups in total. The summed E-state index contributed by atoms with van der Waals surface area (Å²) in [5, 5.41) is 3.45. The number of hydrogen-bond donors (Lipinski definition) is 1. The number of nitrogens with one attached hydrogen (secondary N) is 1. The molecule has 3 nitrogen and oxygen atoms in total. The molecule has 0 radical (unpaired) electrons. The summed E-state index contributed by atoms with van der Waals surface area (Å²) in [6, 6.07) is 16.5. The molecule has 126 valence electrons. The zero-order chi connectivity index (χ0) is 17.2. The van der Waals surface area contributed by atoms with E-state index in [2.05, 4.69) is 50.4 Å². The van der Waals surface area contributed by atoms with Crippen LogP contribution >= 0.6 is 0 Å². The molecule has 0 aliphatic carbocycles. The third kappa shape index (κ3) is 3.45. The van der Waals surface area contributed by atoms with E-state index in [1.165, 1.54) is 11.1 Å². The summed E-state index contributed by atoms with van der Waals surface area (Å²) in [4.78, 5) is 14.5. The van der Waals surface area contributed by atoms with Gasteiger partial charge in [0, 0.05) is 30.9 Å². The fourth-order valence-electron chi connectivity index (χ4n) is 3.33. The average molecular weight is 322 g/mol. The van der Waals surface area contributed by atoms with Crippen LogP contribution in [0.5, 0.6) is 0 Å². The molecule has 1 aliphatic rings. The first kappa shape index (κ1) is 16.6. The first-order chi connectivity index (χ1) is 11.5. The average Bonchev–Trinajstić information content (AvgIpc) is 2.98. The molecule has 0 spiro atoms. The van der Waals surface area contributed by atoms with Gasteiger partial charge in [0.1, 0.15) is 0 Å². The normalized spacial score (nSPS) is 13.7. The van der Waals surface area contributed by atoms with Crippen LogP contribution in [0.25, 0.3) is 0 Å². The molecule has 24 heavy (non-hydrogen) atoms. The molecule has 0 bridgehead atoms. The van der Waals surface area contributed by atoms with Gasteiger partial charge in [0.05, 0.1) is 0 Å². The Hall–Kier alpha value is -2.29. The standard InChI is InChI=1S/C21H26N2O/c1-21(2,3)17-9-5-6-10-18(17)22-14-12-20(24)23-15-13-16-8-4-7-11-19(16)23/h4-11,22H,12-15H2,1-3H3. The van der Waals surface area contributed by atoms with Crippen LogP contribution in [0.1, 0.15) is 38.3 Å². The van der Waals surface area contributed by atoms with Crippen molar-refractivity contribution in [3.63, 3.8) is 0 Å². The number of carbonyl (C=O) groups excluding carboxylic acids is 1. The maximum absolute atomic E-state index is 12.6. The fourth-order valence-corrected chi connectivity index (χ4v) is 3.33. The highest BCUT2D eigenvalue weighted by Gasteiger charge is 2.23. The number of anilines is 2. The molecule has 0 atom stereocenters. The van der Waals surface area contributed by atoms with E-state index in [4.69, 9.17) is 0 Å². The molecule has 0 saturated carbocycles. The van der Waals surface area contributed by atoms with Gasteiger partial charge in [0.2, 0.25) is 5.91 Å². The third-order valence-corrected chi connectivity index (χ3v) is 4.58. The minimum atomic E-state index is 0.0848. The molecule has 1 amide bonds. The van der Waals surface area contributed by atoms with Gasteiger partial charge >= 0.3 is 0 Å². The monoisotopic (exact) mass is 322 g/mol. The van der Waals surface area contributed by atoms with Gasteiger partial charge in [0.25, 0.3) is 0 Å². The quantitative estimate of drug-likeness (QED) is 0.906. The predicted molar refractivity (Wildman–Crippen MR) is 101 cm³/mol. The van der Waals surface area contributed by atoms with E-state index in [9.17, 15) is 4.79 Å². The number of nitrogens with zero attached hydrogens (tertiary/aromatic N) is 1. The predicted octanol–water partition coefficient (Wildman–Crippen LogP) is 4.38. The van der Waals surface area contributed by atoms with Crippen LogP contribution in [0.2, 0.25) is 0 Å². The van der Waals surface area contributed by atoms with E-state index in [1.807, 2.05) is 29.2 Å². The molecule has 0 fully saturated rings. The molecule has 3 heteroatoms. The number of benzene rings is 2. The summed E-state index contributed by atoms with van der Waals surface area (Å²) in [5.74, 6) is 0.195. The van der Waals surface area contributed by atoms with Crippen LogP contribution in [0, 0.1) is 0 Å².